The van der Waals surface area contributed by atoms with Gasteiger partial charge in [0.05, 0.1) is 0 Å². The molecule has 0 aliphatic heterocycles. The first-order valence-electron chi connectivity index (χ1n) is 3.81. The number of rotatable bonds is 3. The molecule has 0 spiro atoms. The normalized spacial score (nSPS) is 11.2. The maximum Gasteiger partial charge on any atom is 0.347 e. The highest BCUT2D eigenvalue weighted by Gasteiger charge is 2.30. The van der Waals surface area contributed by atoms with Crippen LogP contribution in [0.15, 0.2) is 0 Å². The minimum Gasteiger partial charge on any atom is -0.478 e. The van der Waals surface area contributed by atoms with E-state index < -0.39 is 11.6 Å². The zero-order valence-electron chi connectivity index (χ0n) is 7.86. The second-order valence-corrected chi connectivity index (χ2v) is 3.75. The number of hydrogen-bond donors (Lipinski definition) is 1. The molecule has 1 aromatic heterocycles. The molecule has 0 saturated heterocycles. The van der Waals surface area contributed by atoms with Crippen molar-refractivity contribution in [3.63, 3.8) is 0 Å². The summed E-state index contributed by atoms with van der Waals surface area (Å²) in [7, 11) is 0. The zero-order chi connectivity index (χ0) is 11.6. The number of ether oxygens (including phenoxy) is 1. The third kappa shape index (κ3) is 3.17. The lowest BCUT2D eigenvalue weighted by atomic mass is 10.1. The van der Waals surface area contributed by atoms with Crippen molar-refractivity contribution in [1.82, 2.24) is 15.0 Å². The van der Waals surface area contributed by atoms with E-state index in [-0.39, 0.29) is 16.6 Å². The van der Waals surface area contributed by atoms with Gasteiger partial charge in [-0.05, 0) is 37.0 Å². The van der Waals surface area contributed by atoms with Gasteiger partial charge in [-0.1, -0.05) is 0 Å². The van der Waals surface area contributed by atoms with Crippen molar-refractivity contribution in [2.24, 2.45) is 0 Å². The van der Waals surface area contributed by atoms with Crippen molar-refractivity contribution in [2.75, 3.05) is 0 Å². The second-order valence-electron chi connectivity index (χ2n) is 3.07. The summed E-state index contributed by atoms with van der Waals surface area (Å²) >= 11 is 11.0. The predicted molar refractivity (Wildman–Crippen MR) is 52.2 cm³/mol. The molecule has 0 fully saturated rings. The van der Waals surface area contributed by atoms with Crippen LogP contribution in [0.5, 0.6) is 6.01 Å². The first-order valence-corrected chi connectivity index (χ1v) is 4.56. The fourth-order valence-corrected chi connectivity index (χ4v) is 0.974. The summed E-state index contributed by atoms with van der Waals surface area (Å²) in [5, 5.41) is 8.46. The highest BCUT2D eigenvalue weighted by molar-refractivity contribution is 6.31. The van der Waals surface area contributed by atoms with Gasteiger partial charge in [-0.2, -0.15) is 15.0 Å². The lowest BCUT2D eigenvalue weighted by molar-refractivity contribution is -0.152. The summed E-state index contributed by atoms with van der Waals surface area (Å²) < 4.78 is 4.99. The van der Waals surface area contributed by atoms with Gasteiger partial charge in [0, 0.05) is 0 Å². The zero-order valence-corrected chi connectivity index (χ0v) is 9.37. The Bertz CT molecular complexity index is 377. The molecule has 0 aliphatic rings. The Morgan fingerprint density at radius 2 is 1.73 bits per heavy atom. The van der Waals surface area contributed by atoms with E-state index >= 15 is 0 Å². The summed E-state index contributed by atoms with van der Waals surface area (Å²) in [6.45, 7) is 2.70. The molecule has 0 saturated carbocycles. The van der Waals surface area contributed by atoms with E-state index in [0.717, 1.165) is 0 Å². The van der Waals surface area contributed by atoms with Gasteiger partial charge in [0.1, 0.15) is 0 Å². The highest BCUT2D eigenvalue weighted by Crippen LogP contribution is 2.17. The summed E-state index contributed by atoms with van der Waals surface area (Å²) in [5.41, 5.74) is -1.46. The van der Waals surface area contributed by atoms with E-state index in [9.17, 15) is 4.79 Å². The average Bonchev–Trinajstić information content (AvgIpc) is 1.99. The van der Waals surface area contributed by atoms with Gasteiger partial charge in [0.2, 0.25) is 16.2 Å². The SMILES string of the molecule is CC(C)(Oc1nc(Cl)nc(Cl)n1)C(=O)O. The van der Waals surface area contributed by atoms with Crippen molar-refractivity contribution in [3.05, 3.63) is 10.6 Å². The molecule has 6 nitrogen and oxygen atoms in total. The number of carbonyl (C=O) groups is 1. The number of halogens is 2. The molecule has 1 aromatic rings. The van der Waals surface area contributed by atoms with Crippen LogP contribution in [0.25, 0.3) is 0 Å². The number of carboxylic acid groups (broad SMARTS) is 1. The van der Waals surface area contributed by atoms with Gasteiger partial charge in [-0.3, -0.25) is 0 Å². The van der Waals surface area contributed by atoms with E-state index in [4.69, 9.17) is 33.0 Å². The van der Waals surface area contributed by atoms with Gasteiger partial charge in [-0.15, -0.1) is 0 Å². The molecule has 0 aliphatic carbocycles. The van der Waals surface area contributed by atoms with Crippen LogP contribution < -0.4 is 4.74 Å². The first kappa shape index (κ1) is 11.9. The highest BCUT2D eigenvalue weighted by atomic mass is 35.5. The molecule has 15 heavy (non-hydrogen) atoms. The summed E-state index contributed by atoms with van der Waals surface area (Å²) in [6, 6.07) is -0.229. The van der Waals surface area contributed by atoms with Crippen molar-refractivity contribution in [3.8, 4) is 6.01 Å². The van der Waals surface area contributed by atoms with E-state index in [1.807, 2.05) is 0 Å². The van der Waals surface area contributed by atoms with Gasteiger partial charge in [0.25, 0.3) is 0 Å². The predicted octanol–water partition coefficient (Wildman–Crippen LogP) is 1.42. The monoisotopic (exact) mass is 251 g/mol. The molecule has 0 bridgehead atoms. The van der Waals surface area contributed by atoms with Crippen LogP contribution in [0.3, 0.4) is 0 Å². The Morgan fingerprint density at radius 3 is 2.13 bits per heavy atom. The van der Waals surface area contributed by atoms with Crippen molar-refractivity contribution < 1.29 is 14.6 Å². The molecule has 0 unspecified atom stereocenters. The lowest BCUT2D eigenvalue weighted by Gasteiger charge is -2.19. The van der Waals surface area contributed by atoms with Crippen LogP contribution in [-0.4, -0.2) is 31.6 Å². The molecule has 0 radical (unpaired) electrons. The minimum absolute atomic E-state index is 0.161. The van der Waals surface area contributed by atoms with Crippen molar-refractivity contribution in [2.45, 2.75) is 19.4 Å². The van der Waals surface area contributed by atoms with Crippen LogP contribution in [0, 0.1) is 0 Å². The van der Waals surface area contributed by atoms with Crippen LogP contribution in [0.2, 0.25) is 10.6 Å². The maximum absolute atomic E-state index is 10.7. The van der Waals surface area contributed by atoms with Crippen LogP contribution >= 0.6 is 23.2 Å². The first-order chi connectivity index (χ1) is 6.81. The lowest BCUT2D eigenvalue weighted by Crippen LogP contribution is -2.38. The quantitative estimate of drug-likeness (QED) is 0.875. The molecule has 0 aromatic carbocycles. The smallest absolute Gasteiger partial charge is 0.347 e. The van der Waals surface area contributed by atoms with Crippen molar-refractivity contribution in [1.29, 1.82) is 0 Å². The van der Waals surface area contributed by atoms with Gasteiger partial charge >= 0.3 is 12.0 Å². The second kappa shape index (κ2) is 4.16. The molecule has 1 rings (SSSR count). The Labute approximate surface area is 95.2 Å². The molecule has 82 valence electrons. The molecular weight excluding hydrogens is 245 g/mol. The number of aromatic nitrogens is 3. The van der Waals surface area contributed by atoms with E-state index in [1.165, 1.54) is 13.8 Å². The Kier molecular flexibility index (Phi) is 3.31. The standard InChI is InChI=1S/C7H7Cl2N3O3/c1-7(2,3(13)14)15-6-11-4(8)10-5(9)12-6/h1-2H3,(H,13,14). The molecule has 8 heteroatoms. The van der Waals surface area contributed by atoms with Crippen LogP contribution in [-0.2, 0) is 4.79 Å². The fraction of sp³-hybridized carbons (Fsp3) is 0.429. The third-order valence-electron chi connectivity index (χ3n) is 1.42. The molecular formula is C7H7Cl2N3O3. The fourth-order valence-electron chi connectivity index (χ4n) is 0.626. The Balaban J connectivity index is 2.94. The van der Waals surface area contributed by atoms with E-state index in [2.05, 4.69) is 15.0 Å². The van der Waals surface area contributed by atoms with E-state index in [0.29, 0.717) is 0 Å². The molecule has 0 atom stereocenters. The van der Waals surface area contributed by atoms with Gasteiger partial charge in [0.15, 0.2) is 0 Å². The van der Waals surface area contributed by atoms with E-state index in [1.54, 1.807) is 0 Å². The summed E-state index contributed by atoms with van der Waals surface area (Å²) in [4.78, 5) is 21.4. The Morgan fingerprint density at radius 1 is 1.27 bits per heavy atom. The molecule has 1 N–H and O–H groups in total. The Hall–Kier alpha value is -1.14. The third-order valence-corrected chi connectivity index (χ3v) is 1.76. The number of carboxylic acids is 1. The topological polar surface area (TPSA) is 85.2 Å². The molecule has 1 heterocycles. The number of nitrogens with zero attached hydrogens (tertiary/aromatic N) is 3. The van der Waals surface area contributed by atoms with Crippen molar-refractivity contribution >= 4 is 29.2 Å². The summed E-state index contributed by atoms with van der Waals surface area (Å²) in [6.07, 6.45) is 0. The van der Waals surface area contributed by atoms with Gasteiger partial charge < -0.3 is 9.84 Å². The largest absolute Gasteiger partial charge is 0.478 e. The van der Waals surface area contributed by atoms with Gasteiger partial charge in [-0.25, -0.2) is 4.79 Å². The summed E-state index contributed by atoms with van der Waals surface area (Å²) in [5.74, 6) is -1.16. The average molecular weight is 252 g/mol. The number of hydrogen-bond acceptors (Lipinski definition) is 5. The van der Waals surface area contributed by atoms with Crippen LogP contribution in [0.4, 0.5) is 0 Å². The minimum atomic E-state index is -1.46. The maximum atomic E-state index is 10.7. The van der Waals surface area contributed by atoms with Crippen LogP contribution in [0.1, 0.15) is 13.8 Å². The molecule has 0 amide bonds. The number of aliphatic carboxylic acids is 1.